The van der Waals surface area contributed by atoms with Crippen LogP contribution in [-0.2, 0) is 19.6 Å². The van der Waals surface area contributed by atoms with Gasteiger partial charge in [0.2, 0.25) is 10.0 Å². The zero-order valence-electron chi connectivity index (χ0n) is 12.0. The molecule has 0 saturated heterocycles. The van der Waals surface area contributed by atoms with E-state index in [0.717, 1.165) is 5.56 Å². The maximum Gasteiger partial charge on any atom is 0.306 e. The number of benzene rings is 1. The molecule has 1 rings (SSSR count). The smallest absolute Gasteiger partial charge is 0.306 e. The van der Waals surface area contributed by atoms with Gasteiger partial charge in [0.05, 0.1) is 25.8 Å². The summed E-state index contributed by atoms with van der Waals surface area (Å²) in [6.07, 6.45) is -0.197. The third-order valence-electron chi connectivity index (χ3n) is 2.49. The molecule has 21 heavy (non-hydrogen) atoms. The molecule has 1 aromatic rings. The number of anilines is 1. The number of ether oxygens (including phenoxy) is 1. The number of nitrogens with two attached hydrogens (primary N) is 1. The molecule has 0 saturated carbocycles. The molecule has 7 heteroatoms. The van der Waals surface area contributed by atoms with Crippen LogP contribution in [0.25, 0.3) is 0 Å². The van der Waals surface area contributed by atoms with Crippen LogP contribution >= 0.6 is 0 Å². The van der Waals surface area contributed by atoms with Crippen molar-refractivity contribution in [3.63, 3.8) is 0 Å². The minimum absolute atomic E-state index is 0.197. The summed E-state index contributed by atoms with van der Waals surface area (Å²) >= 11 is 0. The Morgan fingerprint density at radius 1 is 1.38 bits per heavy atom. The molecule has 0 atom stereocenters. The van der Waals surface area contributed by atoms with E-state index in [1.54, 1.807) is 12.1 Å². The van der Waals surface area contributed by atoms with Gasteiger partial charge in [0.25, 0.3) is 0 Å². The van der Waals surface area contributed by atoms with Gasteiger partial charge in [-0.25, -0.2) is 8.42 Å². The van der Waals surface area contributed by atoms with Gasteiger partial charge in [-0.05, 0) is 30.7 Å². The van der Waals surface area contributed by atoms with Crippen molar-refractivity contribution in [2.24, 2.45) is 5.73 Å². The molecule has 0 radical (unpaired) electrons. The Labute approximate surface area is 124 Å². The van der Waals surface area contributed by atoms with Gasteiger partial charge < -0.3 is 10.5 Å². The fourth-order valence-electron chi connectivity index (χ4n) is 1.62. The number of carbonyl (C=O) groups is 1. The Bertz CT molecular complexity index is 672. The van der Waals surface area contributed by atoms with Gasteiger partial charge in [0, 0.05) is 11.3 Å². The Morgan fingerprint density at radius 3 is 2.71 bits per heavy atom. The highest BCUT2D eigenvalue weighted by molar-refractivity contribution is 7.92. The van der Waals surface area contributed by atoms with Crippen LogP contribution in [0.15, 0.2) is 18.2 Å². The summed E-state index contributed by atoms with van der Waals surface area (Å²) in [5.74, 6) is 4.65. The summed E-state index contributed by atoms with van der Waals surface area (Å²) in [6.45, 7) is 2.06. The van der Waals surface area contributed by atoms with Crippen molar-refractivity contribution in [3.05, 3.63) is 29.3 Å². The first-order valence-electron chi connectivity index (χ1n) is 6.24. The van der Waals surface area contributed by atoms with E-state index in [-0.39, 0.29) is 18.7 Å². The molecule has 0 bridgehead atoms. The molecular weight excluding hydrogens is 292 g/mol. The van der Waals surface area contributed by atoms with Crippen LogP contribution in [0.3, 0.4) is 0 Å². The molecule has 3 N–H and O–H groups in total. The van der Waals surface area contributed by atoms with E-state index in [1.165, 1.54) is 7.11 Å². The predicted molar refractivity (Wildman–Crippen MR) is 81.2 cm³/mol. The summed E-state index contributed by atoms with van der Waals surface area (Å²) in [7, 11) is -2.40. The lowest BCUT2D eigenvalue weighted by Gasteiger charge is -2.09. The van der Waals surface area contributed by atoms with Gasteiger partial charge in [-0.3, -0.25) is 9.52 Å². The zero-order valence-corrected chi connectivity index (χ0v) is 12.8. The topological polar surface area (TPSA) is 98.5 Å². The maximum atomic E-state index is 11.9. The second-order valence-electron chi connectivity index (χ2n) is 4.34. The normalized spacial score (nSPS) is 10.4. The number of hydrogen-bond acceptors (Lipinski definition) is 5. The monoisotopic (exact) mass is 310 g/mol. The van der Waals surface area contributed by atoms with Crippen LogP contribution in [0.1, 0.15) is 17.5 Å². The number of methoxy groups -OCH3 is 1. The minimum atomic E-state index is -3.62. The summed E-state index contributed by atoms with van der Waals surface area (Å²) in [5.41, 5.74) is 7.25. The molecular formula is C14H18N2O4S. The molecule has 0 heterocycles. The van der Waals surface area contributed by atoms with E-state index in [1.807, 2.05) is 13.0 Å². The average molecular weight is 310 g/mol. The van der Waals surface area contributed by atoms with Crippen LogP contribution in [0, 0.1) is 18.8 Å². The Morgan fingerprint density at radius 2 is 2.10 bits per heavy atom. The SMILES string of the molecule is COC(=O)CCS(=O)(=O)Nc1cc(C)cc(C#CCN)c1. The number of sulfonamides is 1. The molecule has 0 aliphatic rings. The number of aryl methyl sites for hydroxylation is 1. The van der Waals surface area contributed by atoms with Crippen LogP contribution in [0.5, 0.6) is 0 Å². The highest BCUT2D eigenvalue weighted by Crippen LogP contribution is 2.15. The third kappa shape index (κ3) is 6.29. The Kier molecular flexibility index (Phi) is 6.21. The maximum absolute atomic E-state index is 11.9. The van der Waals surface area contributed by atoms with Gasteiger partial charge in [-0.15, -0.1) is 0 Å². The predicted octanol–water partition coefficient (Wildman–Crippen LogP) is 0.610. The summed E-state index contributed by atoms with van der Waals surface area (Å²) < 4.78 is 30.6. The Hall–Kier alpha value is -2.04. The van der Waals surface area contributed by atoms with Crippen molar-refractivity contribution >= 4 is 21.7 Å². The van der Waals surface area contributed by atoms with E-state index in [4.69, 9.17) is 5.73 Å². The molecule has 0 aromatic heterocycles. The summed E-state index contributed by atoms with van der Waals surface area (Å²) in [4.78, 5) is 11.0. The molecule has 0 spiro atoms. The molecule has 1 aromatic carbocycles. The van der Waals surface area contributed by atoms with Crippen molar-refractivity contribution in [3.8, 4) is 11.8 Å². The molecule has 0 amide bonds. The van der Waals surface area contributed by atoms with Crippen LogP contribution in [0.4, 0.5) is 5.69 Å². The Balaban J connectivity index is 2.86. The summed E-state index contributed by atoms with van der Waals surface area (Å²) in [6, 6.07) is 5.13. The lowest BCUT2D eigenvalue weighted by atomic mass is 10.1. The largest absolute Gasteiger partial charge is 0.469 e. The van der Waals surface area contributed by atoms with E-state index in [2.05, 4.69) is 21.3 Å². The first-order chi connectivity index (χ1) is 9.86. The van der Waals surface area contributed by atoms with Gasteiger partial charge in [-0.1, -0.05) is 11.8 Å². The van der Waals surface area contributed by atoms with Crippen molar-refractivity contribution < 1.29 is 17.9 Å². The van der Waals surface area contributed by atoms with Crippen LogP contribution in [0.2, 0.25) is 0 Å². The summed E-state index contributed by atoms with van der Waals surface area (Å²) in [5, 5.41) is 0. The first-order valence-corrected chi connectivity index (χ1v) is 7.89. The standard InChI is InChI=1S/C14H18N2O4S/c1-11-8-12(4-3-6-15)10-13(9-11)16-21(18,19)7-5-14(17)20-2/h8-10,16H,5-7,15H2,1-2H3. The van der Waals surface area contributed by atoms with Gasteiger partial charge in [0.15, 0.2) is 0 Å². The zero-order chi connectivity index (χ0) is 15.9. The fourth-order valence-corrected chi connectivity index (χ4v) is 2.63. The second kappa shape index (κ2) is 7.67. The molecule has 0 unspecified atom stereocenters. The average Bonchev–Trinajstić information content (AvgIpc) is 2.41. The number of rotatable bonds is 5. The number of esters is 1. The van der Waals surface area contributed by atoms with E-state index < -0.39 is 16.0 Å². The molecule has 0 fully saturated rings. The van der Waals surface area contributed by atoms with Crippen molar-refractivity contribution in [1.82, 2.24) is 0 Å². The number of nitrogens with one attached hydrogen (secondary N) is 1. The quantitative estimate of drug-likeness (QED) is 0.613. The second-order valence-corrected chi connectivity index (χ2v) is 6.18. The van der Waals surface area contributed by atoms with E-state index in [0.29, 0.717) is 11.3 Å². The van der Waals surface area contributed by atoms with Crippen molar-refractivity contribution in [2.75, 3.05) is 24.1 Å². The fraction of sp³-hybridized carbons (Fsp3) is 0.357. The molecule has 114 valence electrons. The van der Waals surface area contributed by atoms with Crippen LogP contribution < -0.4 is 10.5 Å². The minimum Gasteiger partial charge on any atom is -0.469 e. The van der Waals surface area contributed by atoms with Crippen LogP contribution in [-0.4, -0.2) is 33.8 Å². The van der Waals surface area contributed by atoms with Crippen molar-refractivity contribution in [2.45, 2.75) is 13.3 Å². The molecule has 0 aliphatic carbocycles. The lowest BCUT2D eigenvalue weighted by molar-refractivity contribution is -0.140. The van der Waals surface area contributed by atoms with Crippen molar-refractivity contribution in [1.29, 1.82) is 0 Å². The number of carbonyl (C=O) groups excluding carboxylic acids is 1. The molecule has 0 aliphatic heterocycles. The molecule has 6 nitrogen and oxygen atoms in total. The first kappa shape index (κ1) is 17.0. The number of hydrogen-bond donors (Lipinski definition) is 2. The lowest BCUT2D eigenvalue weighted by Crippen LogP contribution is -2.19. The highest BCUT2D eigenvalue weighted by Gasteiger charge is 2.14. The van der Waals surface area contributed by atoms with E-state index >= 15 is 0 Å². The highest BCUT2D eigenvalue weighted by atomic mass is 32.2. The van der Waals surface area contributed by atoms with Gasteiger partial charge in [-0.2, -0.15) is 0 Å². The van der Waals surface area contributed by atoms with E-state index in [9.17, 15) is 13.2 Å². The van der Waals surface area contributed by atoms with Gasteiger partial charge in [0.1, 0.15) is 0 Å². The third-order valence-corrected chi connectivity index (χ3v) is 3.78. The van der Waals surface area contributed by atoms with Gasteiger partial charge >= 0.3 is 5.97 Å².